The summed E-state index contributed by atoms with van der Waals surface area (Å²) in [6, 6.07) is 2.06. The van der Waals surface area contributed by atoms with Gasteiger partial charge in [-0.3, -0.25) is 4.98 Å². The lowest BCUT2D eigenvalue weighted by Crippen LogP contribution is -2.23. The molecule has 1 aliphatic rings. The monoisotopic (exact) mass is 191 g/mol. The number of anilines is 1. The number of rotatable bonds is 2. The van der Waals surface area contributed by atoms with E-state index in [-0.39, 0.29) is 0 Å². The second-order valence-corrected chi connectivity index (χ2v) is 4.00. The average Bonchev–Trinajstić information content (AvgIpc) is 2.67. The summed E-state index contributed by atoms with van der Waals surface area (Å²) >= 11 is 0. The number of hydrogen-bond acceptors (Lipinski definition) is 3. The standard InChI is InChI=1S/C11H17N3/c1-9-2-4-13-7-11(9)14-5-3-10(6-12)8-14/h2,4,7,10H,3,5-6,8,12H2,1H3. The first kappa shape index (κ1) is 9.46. The Bertz CT molecular complexity index is 311. The van der Waals surface area contributed by atoms with Gasteiger partial charge in [-0.05, 0) is 37.4 Å². The molecule has 1 aromatic rings. The zero-order chi connectivity index (χ0) is 9.97. The SMILES string of the molecule is Cc1ccncc1N1CCC(CN)C1. The molecule has 1 fully saturated rings. The second kappa shape index (κ2) is 3.96. The quantitative estimate of drug-likeness (QED) is 0.763. The molecule has 0 amide bonds. The van der Waals surface area contributed by atoms with Crippen LogP contribution in [0.4, 0.5) is 5.69 Å². The summed E-state index contributed by atoms with van der Waals surface area (Å²) in [6.45, 7) is 5.14. The van der Waals surface area contributed by atoms with Crippen LogP contribution in [-0.2, 0) is 0 Å². The molecule has 14 heavy (non-hydrogen) atoms. The highest BCUT2D eigenvalue weighted by Gasteiger charge is 2.22. The van der Waals surface area contributed by atoms with Crippen molar-refractivity contribution in [3.8, 4) is 0 Å². The largest absolute Gasteiger partial charge is 0.370 e. The molecular formula is C11H17N3. The zero-order valence-corrected chi connectivity index (χ0v) is 8.61. The van der Waals surface area contributed by atoms with E-state index in [2.05, 4.69) is 22.9 Å². The Morgan fingerprint density at radius 3 is 3.14 bits per heavy atom. The van der Waals surface area contributed by atoms with Gasteiger partial charge in [0.05, 0.1) is 11.9 Å². The highest BCUT2D eigenvalue weighted by atomic mass is 15.2. The van der Waals surface area contributed by atoms with Crippen LogP contribution in [0.3, 0.4) is 0 Å². The molecule has 0 spiro atoms. The summed E-state index contributed by atoms with van der Waals surface area (Å²) < 4.78 is 0. The van der Waals surface area contributed by atoms with Crippen molar-refractivity contribution in [3.05, 3.63) is 24.0 Å². The van der Waals surface area contributed by atoms with Gasteiger partial charge >= 0.3 is 0 Å². The van der Waals surface area contributed by atoms with Crippen molar-refractivity contribution >= 4 is 5.69 Å². The molecule has 1 saturated heterocycles. The molecule has 1 unspecified atom stereocenters. The molecule has 1 aromatic heterocycles. The number of hydrogen-bond donors (Lipinski definition) is 1. The Labute approximate surface area is 84.9 Å². The van der Waals surface area contributed by atoms with E-state index < -0.39 is 0 Å². The number of aromatic nitrogens is 1. The molecular weight excluding hydrogens is 174 g/mol. The van der Waals surface area contributed by atoms with Gasteiger partial charge in [-0.15, -0.1) is 0 Å². The Morgan fingerprint density at radius 2 is 2.50 bits per heavy atom. The molecule has 2 N–H and O–H groups in total. The Hall–Kier alpha value is -1.09. The number of aryl methyl sites for hydroxylation is 1. The average molecular weight is 191 g/mol. The normalized spacial score (nSPS) is 21.6. The fraction of sp³-hybridized carbons (Fsp3) is 0.545. The number of nitrogens with two attached hydrogens (primary N) is 1. The van der Waals surface area contributed by atoms with Gasteiger partial charge in [0, 0.05) is 19.3 Å². The second-order valence-electron chi connectivity index (χ2n) is 4.00. The van der Waals surface area contributed by atoms with Crippen LogP contribution in [0, 0.1) is 12.8 Å². The molecule has 0 bridgehead atoms. The van der Waals surface area contributed by atoms with Crippen LogP contribution in [0.15, 0.2) is 18.5 Å². The van der Waals surface area contributed by atoms with Crippen molar-refractivity contribution in [3.63, 3.8) is 0 Å². The minimum Gasteiger partial charge on any atom is -0.370 e. The molecule has 1 aliphatic heterocycles. The first-order chi connectivity index (χ1) is 6.81. The van der Waals surface area contributed by atoms with Gasteiger partial charge in [0.25, 0.3) is 0 Å². The highest BCUT2D eigenvalue weighted by molar-refractivity contribution is 5.51. The summed E-state index contributed by atoms with van der Waals surface area (Å²) in [5.74, 6) is 0.662. The van der Waals surface area contributed by atoms with Crippen LogP contribution >= 0.6 is 0 Å². The molecule has 2 heterocycles. The Kier molecular flexibility index (Phi) is 2.68. The molecule has 0 radical (unpaired) electrons. The van der Waals surface area contributed by atoms with E-state index in [1.807, 2.05) is 12.4 Å². The third kappa shape index (κ3) is 1.73. The number of nitrogens with zero attached hydrogens (tertiary/aromatic N) is 2. The zero-order valence-electron chi connectivity index (χ0n) is 8.61. The lowest BCUT2D eigenvalue weighted by atomic mass is 10.1. The molecule has 1 atom stereocenters. The van der Waals surface area contributed by atoms with Gasteiger partial charge in [-0.1, -0.05) is 0 Å². The van der Waals surface area contributed by atoms with Crippen LogP contribution < -0.4 is 10.6 Å². The topological polar surface area (TPSA) is 42.2 Å². The van der Waals surface area contributed by atoms with Crippen molar-refractivity contribution in [2.75, 3.05) is 24.5 Å². The maximum Gasteiger partial charge on any atom is 0.0582 e. The van der Waals surface area contributed by atoms with Crippen LogP contribution in [-0.4, -0.2) is 24.6 Å². The summed E-state index contributed by atoms with van der Waals surface area (Å²) in [4.78, 5) is 6.56. The summed E-state index contributed by atoms with van der Waals surface area (Å²) in [5.41, 5.74) is 8.24. The van der Waals surface area contributed by atoms with Crippen LogP contribution in [0.5, 0.6) is 0 Å². The van der Waals surface area contributed by atoms with E-state index in [1.165, 1.54) is 17.7 Å². The molecule has 2 rings (SSSR count). The molecule has 0 aromatic carbocycles. The molecule has 0 aliphatic carbocycles. The van der Waals surface area contributed by atoms with Gasteiger partial charge in [-0.2, -0.15) is 0 Å². The maximum absolute atomic E-state index is 5.67. The molecule has 76 valence electrons. The van der Waals surface area contributed by atoms with Gasteiger partial charge in [0.2, 0.25) is 0 Å². The predicted molar refractivity (Wildman–Crippen MR) is 58.3 cm³/mol. The molecule has 3 nitrogen and oxygen atoms in total. The maximum atomic E-state index is 5.67. The lowest BCUT2D eigenvalue weighted by molar-refractivity contribution is 0.602. The fourth-order valence-corrected chi connectivity index (χ4v) is 2.03. The third-order valence-electron chi connectivity index (χ3n) is 2.97. The Balaban J connectivity index is 2.13. The highest BCUT2D eigenvalue weighted by Crippen LogP contribution is 2.24. The summed E-state index contributed by atoms with van der Waals surface area (Å²) in [5, 5.41) is 0. The molecule has 3 heteroatoms. The van der Waals surface area contributed by atoms with Gasteiger partial charge in [0.1, 0.15) is 0 Å². The number of pyridine rings is 1. The van der Waals surface area contributed by atoms with E-state index in [4.69, 9.17) is 5.73 Å². The Morgan fingerprint density at radius 1 is 1.64 bits per heavy atom. The van der Waals surface area contributed by atoms with Crippen molar-refractivity contribution < 1.29 is 0 Å². The predicted octanol–water partition coefficient (Wildman–Crippen LogP) is 1.18. The summed E-state index contributed by atoms with van der Waals surface area (Å²) in [7, 11) is 0. The van der Waals surface area contributed by atoms with E-state index in [0.29, 0.717) is 5.92 Å². The minimum atomic E-state index is 0.662. The first-order valence-electron chi connectivity index (χ1n) is 5.17. The van der Waals surface area contributed by atoms with Crippen molar-refractivity contribution in [2.24, 2.45) is 11.7 Å². The smallest absolute Gasteiger partial charge is 0.0582 e. The van der Waals surface area contributed by atoms with Crippen LogP contribution in [0.25, 0.3) is 0 Å². The van der Waals surface area contributed by atoms with Crippen LogP contribution in [0.1, 0.15) is 12.0 Å². The lowest BCUT2D eigenvalue weighted by Gasteiger charge is -2.19. The van der Waals surface area contributed by atoms with Gasteiger partial charge in [-0.25, -0.2) is 0 Å². The molecule has 0 saturated carbocycles. The van der Waals surface area contributed by atoms with Crippen molar-refractivity contribution in [2.45, 2.75) is 13.3 Å². The van der Waals surface area contributed by atoms with Gasteiger partial charge < -0.3 is 10.6 Å². The third-order valence-corrected chi connectivity index (χ3v) is 2.97. The van der Waals surface area contributed by atoms with Crippen molar-refractivity contribution in [1.29, 1.82) is 0 Å². The van der Waals surface area contributed by atoms with Crippen molar-refractivity contribution in [1.82, 2.24) is 4.98 Å². The van der Waals surface area contributed by atoms with E-state index in [0.717, 1.165) is 19.6 Å². The van der Waals surface area contributed by atoms with E-state index >= 15 is 0 Å². The van der Waals surface area contributed by atoms with Crippen LogP contribution in [0.2, 0.25) is 0 Å². The van der Waals surface area contributed by atoms with E-state index in [9.17, 15) is 0 Å². The summed E-state index contributed by atoms with van der Waals surface area (Å²) in [6.07, 6.45) is 5.01. The fourth-order valence-electron chi connectivity index (χ4n) is 2.03. The van der Waals surface area contributed by atoms with E-state index in [1.54, 1.807) is 0 Å². The van der Waals surface area contributed by atoms with Gasteiger partial charge in [0.15, 0.2) is 0 Å². The minimum absolute atomic E-state index is 0.662. The first-order valence-corrected chi connectivity index (χ1v) is 5.17.